The third-order valence-electron chi connectivity index (χ3n) is 8.36. The summed E-state index contributed by atoms with van der Waals surface area (Å²) < 4.78 is 5.06. The molecule has 0 fully saturated rings. The van der Waals surface area contributed by atoms with Crippen LogP contribution in [0.25, 0.3) is 81.0 Å². The average molecular weight is 553 g/mol. The Kier molecular flexibility index (Phi) is 5.10. The largest absolute Gasteiger partial charge is 0.293 e. The Bertz CT molecular complexity index is 2390. The van der Waals surface area contributed by atoms with E-state index in [2.05, 4.69) is 150 Å². The predicted molar refractivity (Wildman–Crippen MR) is 180 cm³/mol. The molecule has 42 heavy (non-hydrogen) atoms. The summed E-state index contributed by atoms with van der Waals surface area (Å²) in [6.45, 7) is 0. The van der Waals surface area contributed by atoms with Gasteiger partial charge in [-0.1, -0.05) is 121 Å². The summed E-state index contributed by atoms with van der Waals surface area (Å²) in [5, 5.41) is 7.72. The summed E-state index contributed by atoms with van der Waals surface area (Å²) in [6, 6.07) is 52.1. The number of pyridine rings is 1. The molecule has 196 valence electrons. The number of thiophene rings is 1. The normalized spacial score (nSPS) is 11.8. The quantitative estimate of drug-likeness (QED) is 0.213. The molecule has 0 saturated carbocycles. The topological polar surface area (TPSA) is 17.8 Å². The molecule has 0 spiro atoms. The number of hydrogen-bond acceptors (Lipinski definition) is 2. The van der Waals surface area contributed by atoms with Crippen molar-refractivity contribution in [1.82, 2.24) is 9.55 Å². The highest BCUT2D eigenvalue weighted by Gasteiger charge is 2.22. The van der Waals surface area contributed by atoms with Crippen LogP contribution >= 0.6 is 11.3 Å². The Morgan fingerprint density at radius 2 is 1.10 bits per heavy atom. The third-order valence-corrected chi connectivity index (χ3v) is 9.57. The van der Waals surface area contributed by atoms with Crippen LogP contribution in [0.5, 0.6) is 0 Å². The van der Waals surface area contributed by atoms with Gasteiger partial charge in [0.15, 0.2) is 0 Å². The van der Waals surface area contributed by atoms with E-state index >= 15 is 0 Å². The molecular formula is C39H24N2S. The average Bonchev–Trinajstić information content (AvgIpc) is 3.62. The van der Waals surface area contributed by atoms with Crippen LogP contribution < -0.4 is 0 Å². The number of hydrogen-bond donors (Lipinski definition) is 0. The van der Waals surface area contributed by atoms with Crippen molar-refractivity contribution in [3.63, 3.8) is 0 Å². The van der Waals surface area contributed by atoms with Gasteiger partial charge in [-0.15, -0.1) is 11.3 Å². The Morgan fingerprint density at radius 3 is 1.88 bits per heavy atom. The van der Waals surface area contributed by atoms with Gasteiger partial charge in [-0.05, 0) is 35.4 Å². The van der Waals surface area contributed by atoms with E-state index in [-0.39, 0.29) is 0 Å². The summed E-state index contributed by atoms with van der Waals surface area (Å²) in [4.78, 5) is 5.37. The number of rotatable bonds is 3. The third kappa shape index (κ3) is 3.41. The SMILES string of the molecule is c1ccc(-c2cc(-c3ccccc3)nc(-n3c4ccccc4c4c5c6ccccc6sc5c5ccccc5c43)c2)cc1. The molecular weight excluding hydrogens is 529 g/mol. The maximum Gasteiger partial charge on any atom is 0.138 e. The molecule has 0 bridgehead atoms. The predicted octanol–water partition coefficient (Wildman–Crippen LogP) is 11.0. The highest BCUT2D eigenvalue weighted by molar-refractivity contribution is 7.27. The number of benzene rings is 6. The van der Waals surface area contributed by atoms with E-state index in [0.717, 1.165) is 28.2 Å². The van der Waals surface area contributed by atoms with Gasteiger partial charge in [0.1, 0.15) is 5.82 Å². The first-order valence-electron chi connectivity index (χ1n) is 14.2. The number of nitrogens with zero attached hydrogens (tertiary/aromatic N) is 2. The molecule has 0 unspecified atom stereocenters. The molecule has 0 aliphatic carbocycles. The van der Waals surface area contributed by atoms with Crippen molar-refractivity contribution in [3.05, 3.63) is 146 Å². The first kappa shape index (κ1) is 23.5. The maximum absolute atomic E-state index is 5.37. The van der Waals surface area contributed by atoms with E-state index in [0.29, 0.717) is 0 Å². The molecule has 9 rings (SSSR count). The second kappa shape index (κ2) is 9.13. The molecule has 0 amide bonds. The first-order valence-corrected chi connectivity index (χ1v) is 15.1. The lowest BCUT2D eigenvalue weighted by Gasteiger charge is -2.14. The van der Waals surface area contributed by atoms with Crippen molar-refractivity contribution in [2.45, 2.75) is 0 Å². The molecule has 0 N–H and O–H groups in total. The monoisotopic (exact) mass is 552 g/mol. The summed E-state index contributed by atoms with van der Waals surface area (Å²) in [5.41, 5.74) is 6.77. The van der Waals surface area contributed by atoms with Crippen LogP contribution in [0.3, 0.4) is 0 Å². The lowest BCUT2D eigenvalue weighted by atomic mass is 10.00. The smallest absolute Gasteiger partial charge is 0.138 e. The zero-order valence-electron chi connectivity index (χ0n) is 22.7. The summed E-state index contributed by atoms with van der Waals surface area (Å²) >= 11 is 1.89. The van der Waals surface area contributed by atoms with Crippen molar-refractivity contribution in [2.75, 3.05) is 0 Å². The van der Waals surface area contributed by atoms with Gasteiger partial charge in [-0.3, -0.25) is 4.57 Å². The first-order chi connectivity index (χ1) is 20.8. The van der Waals surface area contributed by atoms with Crippen molar-refractivity contribution < 1.29 is 0 Å². The molecule has 0 radical (unpaired) electrons. The van der Waals surface area contributed by atoms with Crippen LogP contribution in [0.15, 0.2) is 146 Å². The molecule has 3 heteroatoms. The van der Waals surface area contributed by atoms with Crippen molar-refractivity contribution in [2.24, 2.45) is 0 Å². The van der Waals surface area contributed by atoms with Gasteiger partial charge < -0.3 is 0 Å². The molecule has 6 aromatic carbocycles. The van der Waals surface area contributed by atoms with Gasteiger partial charge in [0.2, 0.25) is 0 Å². The molecule has 0 saturated heterocycles. The molecule has 0 aliphatic heterocycles. The van der Waals surface area contributed by atoms with Crippen LogP contribution in [0.2, 0.25) is 0 Å². The number of para-hydroxylation sites is 1. The van der Waals surface area contributed by atoms with Crippen LogP contribution in [-0.2, 0) is 0 Å². The zero-order valence-corrected chi connectivity index (χ0v) is 23.5. The van der Waals surface area contributed by atoms with E-state index < -0.39 is 0 Å². The van der Waals surface area contributed by atoms with Crippen LogP contribution in [0.4, 0.5) is 0 Å². The number of fused-ring (bicyclic) bond motifs is 10. The van der Waals surface area contributed by atoms with Gasteiger partial charge in [0, 0.05) is 47.3 Å². The fourth-order valence-electron chi connectivity index (χ4n) is 6.54. The van der Waals surface area contributed by atoms with Crippen molar-refractivity contribution in [3.8, 4) is 28.2 Å². The minimum Gasteiger partial charge on any atom is -0.293 e. The fraction of sp³-hybridized carbons (Fsp3) is 0. The van der Waals surface area contributed by atoms with E-state index in [4.69, 9.17) is 4.98 Å². The molecule has 0 aliphatic rings. The second-order valence-electron chi connectivity index (χ2n) is 10.8. The van der Waals surface area contributed by atoms with Crippen LogP contribution in [0, 0.1) is 0 Å². The Hall–Kier alpha value is -5.25. The minimum atomic E-state index is 0.922. The molecule has 3 heterocycles. The molecule has 0 atom stereocenters. The molecule has 9 aromatic rings. The maximum atomic E-state index is 5.37. The van der Waals surface area contributed by atoms with E-state index in [1.54, 1.807) is 0 Å². The zero-order chi connectivity index (χ0) is 27.6. The molecule has 3 aromatic heterocycles. The van der Waals surface area contributed by atoms with Crippen molar-refractivity contribution in [1.29, 1.82) is 0 Å². The van der Waals surface area contributed by atoms with Gasteiger partial charge >= 0.3 is 0 Å². The highest BCUT2D eigenvalue weighted by Crippen LogP contribution is 2.48. The van der Waals surface area contributed by atoms with Crippen LogP contribution in [0.1, 0.15) is 0 Å². The summed E-state index contributed by atoms with van der Waals surface area (Å²) in [7, 11) is 0. The Labute approximate surface area is 246 Å². The molecule has 2 nitrogen and oxygen atoms in total. The summed E-state index contributed by atoms with van der Waals surface area (Å²) in [6.07, 6.45) is 0. The Balaban J connectivity index is 1.50. The van der Waals surface area contributed by atoms with Crippen molar-refractivity contribution >= 4 is 64.1 Å². The minimum absolute atomic E-state index is 0.922. The fourth-order valence-corrected chi connectivity index (χ4v) is 7.79. The van der Waals surface area contributed by atoms with Gasteiger partial charge in [-0.25, -0.2) is 4.98 Å². The standard InChI is InChI=1S/C39H24N2S/c1-3-13-25(14-4-1)27-23-32(26-15-5-2-6-16-26)40-35(24-27)41-33-21-11-9-19-30(33)36-37-31-20-10-12-22-34(31)42-39(37)29-18-8-7-17-28(29)38(36)41/h1-24H. The summed E-state index contributed by atoms with van der Waals surface area (Å²) in [5.74, 6) is 0.922. The number of aromatic nitrogens is 2. The van der Waals surface area contributed by atoms with E-state index in [1.165, 1.54) is 52.8 Å². The highest BCUT2D eigenvalue weighted by atomic mass is 32.1. The Morgan fingerprint density at radius 1 is 0.476 bits per heavy atom. The van der Waals surface area contributed by atoms with E-state index in [1.807, 2.05) is 11.3 Å². The van der Waals surface area contributed by atoms with Gasteiger partial charge in [0.05, 0.1) is 16.7 Å². The van der Waals surface area contributed by atoms with Crippen LogP contribution in [-0.4, -0.2) is 9.55 Å². The second-order valence-corrected chi connectivity index (χ2v) is 11.8. The lowest BCUT2D eigenvalue weighted by molar-refractivity contribution is 1.09. The van der Waals surface area contributed by atoms with Gasteiger partial charge in [0.25, 0.3) is 0 Å². The van der Waals surface area contributed by atoms with Gasteiger partial charge in [-0.2, -0.15) is 0 Å². The lowest BCUT2D eigenvalue weighted by Crippen LogP contribution is -2.00. The van der Waals surface area contributed by atoms with E-state index in [9.17, 15) is 0 Å².